The van der Waals surface area contributed by atoms with E-state index in [2.05, 4.69) is 36.7 Å². The van der Waals surface area contributed by atoms with E-state index in [1.165, 1.54) is 12.8 Å². The van der Waals surface area contributed by atoms with Crippen LogP contribution in [-0.4, -0.2) is 15.9 Å². The highest BCUT2D eigenvalue weighted by Crippen LogP contribution is 2.41. The summed E-state index contributed by atoms with van der Waals surface area (Å²) < 4.78 is 0. The molecular formula is C12H21BrO2. The van der Waals surface area contributed by atoms with Crippen molar-refractivity contribution in [2.45, 2.75) is 51.3 Å². The maximum Gasteiger partial charge on any atom is 0.307 e. The summed E-state index contributed by atoms with van der Waals surface area (Å²) in [6.45, 7) is 6.28. The highest BCUT2D eigenvalue weighted by atomic mass is 79.9. The fourth-order valence-corrected chi connectivity index (χ4v) is 3.08. The molecule has 0 heterocycles. The number of hydrogen-bond acceptors (Lipinski definition) is 1. The largest absolute Gasteiger partial charge is 0.481 e. The van der Waals surface area contributed by atoms with Gasteiger partial charge in [0.2, 0.25) is 0 Å². The molecule has 1 aliphatic carbocycles. The zero-order chi connectivity index (χ0) is 11.6. The fourth-order valence-electron chi connectivity index (χ4n) is 2.42. The zero-order valence-electron chi connectivity index (χ0n) is 9.79. The van der Waals surface area contributed by atoms with Crippen LogP contribution in [0.1, 0.15) is 46.5 Å². The summed E-state index contributed by atoms with van der Waals surface area (Å²) in [5.41, 5.74) is 0.00560. The third-order valence-corrected chi connectivity index (χ3v) is 5.28. The van der Waals surface area contributed by atoms with Gasteiger partial charge in [0.1, 0.15) is 0 Å². The van der Waals surface area contributed by atoms with Crippen LogP contribution in [-0.2, 0) is 4.79 Å². The molecule has 0 aromatic rings. The lowest BCUT2D eigenvalue weighted by atomic mass is 9.78. The molecule has 0 bridgehead atoms. The second-order valence-electron chi connectivity index (χ2n) is 5.68. The molecule has 0 saturated heterocycles. The van der Waals surface area contributed by atoms with Crippen LogP contribution in [0.25, 0.3) is 0 Å². The van der Waals surface area contributed by atoms with E-state index in [-0.39, 0.29) is 16.2 Å². The Hall–Kier alpha value is -0.0500. The Kier molecular flexibility index (Phi) is 4.21. The summed E-state index contributed by atoms with van der Waals surface area (Å²) in [7, 11) is 0. The van der Waals surface area contributed by atoms with Crippen LogP contribution in [0.5, 0.6) is 0 Å². The van der Waals surface area contributed by atoms with Gasteiger partial charge in [0.15, 0.2) is 0 Å². The van der Waals surface area contributed by atoms with Crippen molar-refractivity contribution < 1.29 is 9.90 Å². The second kappa shape index (κ2) is 4.86. The first kappa shape index (κ1) is 13.0. The fraction of sp³-hybridized carbons (Fsp3) is 0.917. The number of rotatable bonds is 3. The monoisotopic (exact) mass is 276 g/mol. The average Bonchev–Trinajstić information content (AvgIpc) is 2.54. The summed E-state index contributed by atoms with van der Waals surface area (Å²) in [6.07, 6.45) is 4.54. The Balaban J connectivity index is 2.77. The average molecular weight is 277 g/mol. The lowest BCUT2D eigenvalue weighted by Crippen LogP contribution is -2.37. The standard InChI is InChI=1S/C12H21BrO2/c1-12(2,3)10(13)9(11(14)15)8-6-4-5-7-8/h8-10H,4-7H2,1-3H3,(H,14,15). The lowest BCUT2D eigenvalue weighted by Gasteiger charge is -2.33. The molecule has 0 aromatic heterocycles. The van der Waals surface area contributed by atoms with Gasteiger partial charge in [-0.25, -0.2) is 0 Å². The Morgan fingerprint density at radius 2 is 1.80 bits per heavy atom. The Labute approximate surface area is 101 Å². The Morgan fingerprint density at radius 1 is 1.33 bits per heavy atom. The third kappa shape index (κ3) is 3.20. The van der Waals surface area contributed by atoms with E-state index in [0.717, 1.165) is 12.8 Å². The molecule has 0 radical (unpaired) electrons. The van der Waals surface area contributed by atoms with E-state index in [1.54, 1.807) is 0 Å². The van der Waals surface area contributed by atoms with E-state index < -0.39 is 5.97 Å². The molecule has 0 aliphatic heterocycles. The number of carbonyl (C=O) groups is 1. The minimum absolute atomic E-state index is 0.00560. The first-order chi connectivity index (χ1) is 6.84. The SMILES string of the molecule is CC(C)(C)C(Br)C(C(=O)O)C1CCCC1. The highest BCUT2D eigenvalue weighted by molar-refractivity contribution is 9.09. The van der Waals surface area contributed by atoms with Crippen molar-refractivity contribution in [3.05, 3.63) is 0 Å². The first-order valence-electron chi connectivity index (χ1n) is 5.71. The summed E-state index contributed by atoms with van der Waals surface area (Å²) in [5.74, 6) is -0.503. The van der Waals surface area contributed by atoms with Gasteiger partial charge in [-0.05, 0) is 24.2 Å². The van der Waals surface area contributed by atoms with Crippen molar-refractivity contribution in [1.29, 1.82) is 0 Å². The molecule has 1 saturated carbocycles. The van der Waals surface area contributed by atoms with Crippen molar-refractivity contribution >= 4 is 21.9 Å². The molecule has 15 heavy (non-hydrogen) atoms. The number of alkyl halides is 1. The van der Waals surface area contributed by atoms with Crippen LogP contribution in [0.4, 0.5) is 0 Å². The van der Waals surface area contributed by atoms with Gasteiger partial charge in [-0.2, -0.15) is 0 Å². The number of carboxylic acid groups (broad SMARTS) is 1. The minimum atomic E-state index is -0.640. The second-order valence-corrected chi connectivity index (χ2v) is 6.66. The molecule has 88 valence electrons. The molecule has 3 heteroatoms. The summed E-state index contributed by atoms with van der Waals surface area (Å²) in [6, 6.07) is 0. The molecular weight excluding hydrogens is 256 g/mol. The molecule has 0 amide bonds. The lowest BCUT2D eigenvalue weighted by molar-refractivity contribution is -0.144. The first-order valence-corrected chi connectivity index (χ1v) is 6.62. The minimum Gasteiger partial charge on any atom is -0.481 e. The molecule has 1 rings (SSSR count). The van der Waals surface area contributed by atoms with Crippen LogP contribution >= 0.6 is 15.9 Å². The molecule has 2 nitrogen and oxygen atoms in total. The van der Waals surface area contributed by atoms with Gasteiger partial charge in [0.05, 0.1) is 5.92 Å². The summed E-state index contributed by atoms with van der Waals surface area (Å²) in [5, 5.41) is 9.34. The van der Waals surface area contributed by atoms with Crippen LogP contribution < -0.4 is 0 Å². The van der Waals surface area contributed by atoms with Gasteiger partial charge in [-0.3, -0.25) is 4.79 Å². The quantitative estimate of drug-likeness (QED) is 0.799. The molecule has 2 atom stereocenters. The topological polar surface area (TPSA) is 37.3 Å². The van der Waals surface area contributed by atoms with E-state index in [4.69, 9.17) is 0 Å². The van der Waals surface area contributed by atoms with Gasteiger partial charge >= 0.3 is 5.97 Å². The predicted octanol–water partition coefficient (Wildman–Crippen LogP) is 3.69. The van der Waals surface area contributed by atoms with Gasteiger partial charge in [0, 0.05) is 4.83 Å². The maximum atomic E-state index is 11.3. The van der Waals surface area contributed by atoms with Crippen molar-refractivity contribution in [3.8, 4) is 0 Å². The van der Waals surface area contributed by atoms with Gasteiger partial charge in [-0.1, -0.05) is 49.5 Å². The molecule has 1 fully saturated rings. The van der Waals surface area contributed by atoms with Crippen molar-refractivity contribution in [1.82, 2.24) is 0 Å². The molecule has 2 unspecified atom stereocenters. The Bertz CT molecular complexity index is 226. The number of hydrogen-bond donors (Lipinski definition) is 1. The normalized spacial score (nSPS) is 22.7. The van der Waals surface area contributed by atoms with Gasteiger partial charge < -0.3 is 5.11 Å². The number of carboxylic acids is 1. The van der Waals surface area contributed by atoms with E-state index in [0.29, 0.717) is 5.92 Å². The van der Waals surface area contributed by atoms with Gasteiger partial charge in [-0.15, -0.1) is 0 Å². The molecule has 0 aromatic carbocycles. The smallest absolute Gasteiger partial charge is 0.307 e. The van der Waals surface area contributed by atoms with Crippen LogP contribution in [0.15, 0.2) is 0 Å². The summed E-state index contributed by atoms with van der Waals surface area (Å²) >= 11 is 3.59. The Morgan fingerprint density at radius 3 is 2.13 bits per heavy atom. The van der Waals surface area contributed by atoms with Crippen LogP contribution in [0.2, 0.25) is 0 Å². The van der Waals surface area contributed by atoms with Crippen molar-refractivity contribution in [2.24, 2.45) is 17.3 Å². The number of aliphatic carboxylic acids is 1. The third-order valence-electron chi connectivity index (χ3n) is 3.34. The van der Waals surface area contributed by atoms with Crippen LogP contribution in [0, 0.1) is 17.3 Å². The zero-order valence-corrected chi connectivity index (χ0v) is 11.4. The van der Waals surface area contributed by atoms with E-state index in [1.807, 2.05) is 0 Å². The van der Waals surface area contributed by atoms with E-state index >= 15 is 0 Å². The van der Waals surface area contributed by atoms with Crippen molar-refractivity contribution in [3.63, 3.8) is 0 Å². The van der Waals surface area contributed by atoms with Crippen molar-refractivity contribution in [2.75, 3.05) is 0 Å². The molecule has 0 spiro atoms. The predicted molar refractivity (Wildman–Crippen MR) is 65.3 cm³/mol. The molecule has 1 N–H and O–H groups in total. The summed E-state index contributed by atoms with van der Waals surface area (Å²) in [4.78, 5) is 11.4. The number of halogens is 1. The van der Waals surface area contributed by atoms with E-state index in [9.17, 15) is 9.90 Å². The van der Waals surface area contributed by atoms with Crippen LogP contribution in [0.3, 0.4) is 0 Å². The highest BCUT2D eigenvalue weighted by Gasteiger charge is 2.40. The van der Waals surface area contributed by atoms with Gasteiger partial charge in [0.25, 0.3) is 0 Å². The molecule has 1 aliphatic rings. The maximum absolute atomic E-state index is 11.3.